The standard InChI is InChI=1S/C13H18ClNO4S/c1-19-9-8-15(7-6-14)13(16)11-4-3-5-12(10-11)20(2,17)18/h3-5,10H,6-9H2,1-2H3. The molecule has 0 aliphatic rings. The number of halogens is 1. The molecule has 5 nitrogen and oxygen atoms in total. The summed E-state index contributed by atoms with van der Waals surface area (Å²) in [6.07, 6.45) is 1.11. The highest BCUT2D eigenvalue weighted by Gasteiger charge is 2.17. The van der Waals surface area contributed by atoms with Gasteiger partial charge in [0.25, 0.3) is 5.91 Å². The molecule has 0 atom stereocenters. The number of methoxy groups -OCH3 is 1. The zero-order valence-corrected chi connectivity index (χ0v) is 13.1. The molecule has 0 heterocycles. The Morgan fingerprint density at radius 2 is 2.05 bits per heavy atom. The third-order valence-corrected chi connectivity index (χ3v) is 4.00. The highest BCUT2D eigenvalue weighted by molar-refractivity contribution is 7.90. The van der Waals surface area contributed by atoms with Gasteiger partial charge in [-0.2, -0.15) is 0 Å². The SMILES string of the molecule is COCCN(CCCl)C(=O)c1cccc(S(C)(=O)=O)c1. The Bertz CT molecular complexity index is 559. The molecule has 20 heavy (non-hydrogen) atoms. The van der Waals surface area contributed by atoms with E-state index in [0.29, 0.717) is 31.1 Å². The average molecular weight is 320 g/mol. The normalized spacial score (nSPS) is 11.3. The largest absolute Gasteiger partial charge is 0.383 e. The van der Waals surface area contributed by atoms with E-state index < -0.39 is 9.84 Å². The number of hydrogen-bond acceptors (Lipinski definition) is 4. The summed E-state index contributed by atoms with van der Waals surface area (Å²) in [5, 5.41) is 0. The van der Waals surface area contributed by atoms with Crippen LogP contribution in [0.1, 0.15) is 10.4 Å². The summed E-state index contributed by atoms with van der Waals surface area (Å²) < 4.78 is 28.0. The van der Waals surface area contributed by atoms with E-state index in [-0.39, 0.29) is 10.8 Å². The molecule has 0 saturated carbocycles. The minimum absolute atomic E-state index is 0.126. The summed E-state index contributed by atoms with van der Waals surface area (Å²) in [6.45, 7) is 1.19. The lowest BCUT2D eigenvalue weighted by molar-refractivity contribution is 0.0707. The molecule has 0 aliphatic carbocycles. The molecular formula is C13H18ClNO4S. The Hall–Kier alpha value is -1.11. The van der Waals surface area contributed by atoms with Gasteiger partial charge in [-0.1, -0.05) is 6.07 Å². The van der Waals surface area contributed by atoms with E-state index in [9.17, 15) is 13.2 Å². The van der Waals surface area contributed by atoms with Gasteiger partial charge in [-0.25, -0.2) is 8.42 Å². The molecule has 7 heteroatoms. The van der Waals surface area contributed by atoms with Gasteiger partial charge in [-0.3, -0.25) is 4.79 Å². The highest BCUT2D eigenvalue weighted by Crippen LogP contribution is 2.13. The van der Waals surface area contributed by atoms with Crippen molar-refractivity contribution in [3.63, 3.8) is 0 Å². The van der Waals surface area contributed by atoms with E-state index in [2.05, 4.69) is 0 Å². The summed E-state index contributed by atoms with van der Waals surface area (Å²) in [5.41, 5.74) is 0.328. The second kappa shape index (κ2) is 7.61. The molecule has 0 fully saturated rings. The van der Waals surface area contributed by atoms with Crippen LogP contribution in [0.25, 0.3) is 0 Å². The minimum atomic E-state index is -3.34. The molecular weight excluding hydrogens is 302 g/mol. The maximum Gasteiger partial charge on any atom is 0.254 e. The first kappa shape index (κ1) is 16.9. The molecule has 0 radical (unpaired) electrons. The van der Waals surface area contributed by atoms with Crippen LogP contribution in [0.3, 0.4) is 0 Å². The van der Waals surface area contributed by atoms with Crippen LogP contribution in [-0.2, 0) is 14.6 Å². The van der Waals surface area contributed by atoms with Gasteiger partial charge in [0.15, 0.2) is 9.84 Å². The van der Waals surface area contributed by atoms with E-state index in [1.54, 1.807) is 19.2 Å². The van der Waals surface area contributed by atoms with Crippen molar-refractivity contribution < 1.29 is 17.9 Å². The first-order valence-corrected chi connectivity index (χ1v) is 8.47. The van der Waals surface area contributed by atoms with Crippen molar-refractivity contribution in [1.29, 1.82) is 0 Å². The summed E-state index contributed by atoms with van der Waals surface area (Å²) in [5.74, 6) is 0.0505. The van der Waals surface area contributed by atoms with Crippen LogP contribution in [0, 0.1) is 0 Å². The van der Waals surface area contributed by atoms with Crippen LogP contribution >= 0.6 is 11.6 Å². The molecule has 0 N–H and O–H groups in total. The number of carbonyl (C=O) groups excluding carboxylic acids is 1. The second-order valence-electron chi connectivity index (χ2n) is 4.27. The van der Waals surface area contributed by atoms with Gasteiger partial charge in [0.1, 0.15) is 0 Å². The van der Waals surface area contributed by atoms with Crippen molar-refractivity contribution in [1.82, 2.24) is 4.90 Å². The van der Waals surface area contributed by atoms with E-state index in [0.717, 1.165) is 6.26 Å². The summed E-state index contributed by atoms with van der Waals surface area (Å²) in [6, 6.07) is 5.99. The third kappa shape index (κ3) is 4.77. The fourth-order valence-electron chi connectivity index (χ4n) is 1.66. The zero-order chi connectivity index (χ0) is 15.2. The fraction of sp³-hybridized carbons (Fsp3) is 0.462. The number of rotatable bonds is 7. The molecule has 0 unspecified atom stereocenters. The van der Waals surface area contributed by atoms with Crippen molar-refractivity contribution >= 4 is 27.3 Å². The Labute approximate surface area is 124 Å². The number of benzene rings is 1. The Kier molecular flexibility index (Phi) is 6.45. The average Bonchev–Trinajstić information content (AvgIpc) is 2.42. The van der Waals surface area contributed by atoms with Gasteiger partial charge in [-0.05, 0) is 18.2 Å². The van der Waals surface area contributed by atoms with Crippen LogP contribution in [0.5, 0.6) is 0 Å². The van der Waals surface area contributed by atoms with E-state index in [1.807, 2.05) is 0 Å². The van der Waals surface area contributed by atoms with Gasteiger partial charge >= 0.3 is 0 Å². The van der Waals surface area contributed by atoms with Crippen molar-refractivity contribution in [3.8, 4) is 0 Å². The zero-order valence-electron chi connectivity index (χ0n) is 11.5. The lowest BCUT2D eigenvalue weighted by Crippen LogP contribution is -2.35. The van der Waals surface area contributed by atoms with E-state index in [1.165, 1.54) is 17.0 Å². The topological polar surface area (TPSA) is 63.7 Å². The van der Waals surface area contributed by atoms with Crippen LogP contribution in [-0.4, -0.2) is 58.2 Å². The molecule has 1 rings (SSSR count). The molecule has 0 bridgehead atoms. The Balaban J connectivity index is 2.99. The lowest BCUT2D eigenvalue weighted by Gasteiger charge is -2.21. The number of sulfone groups is 1. The fourth-order valence-corrected chi connectivity index (χ4v) is 2.53. The molecule has 0 aliphatic heterocycles. The van der Waals surface area contributed by atoms with Gasteiger partial charge in [0.2, 0.25) is 0 Å². The minimum Gasteiger partial charge on any atom is -0.383 e. The number of amides is 1. The van der Waals surface area contributed by atoms with Crippen molar-refractivity contribution in [2.75, 3.05) is 38.9 Å². The second-order valence-corrected chi connectivity index (χ2v) is 6.67. The predicted octanol–water partition coefficient (Wildman–Crippen LogP) is 1.42. The maximum absolute atomic E-state index is 12.3. The molecule has 1 aromatic rings. The van der Waals surface area contributed by atoms with E-state index in [4.69, 9.17) is 16.3 Å². The number of ether oxygens (including phenoxy) is 1. The summed E-state index contributed by atoms with van der Waals surface area (Å²) in [4.78, 5) is 14.0. The maximum atomic E-state index is 12.3. The molecule has 0 spiro atoms. The number of alkyl halides is 1. The Morgan fingerprint density at radius 3 is 2.60 bits per heavy atom. The highest BCUT2D eigenvalue weighted by atomic mass is 35.5. The van der Waals surface area contributed by atoms with Crippen molar-refractivity contribution in [2.45, 2.75) is 4.90 Å². The summed E-state index contributed by atoms with van der Waals surface area (Å²) >= 11 is 5.68. The van der Waals surface area contributed by atoms with Crippen molar-refractivity contribution in [3.05, 3.63) is 29.8 Å². The van der Waals surface area contributed by atoms with E-state index >= 15 is 0 Å². The van der Waals surface area contributed by atoms with Crippen LogP contribution in [0.4, 0.5) is 0 Å². The van der Waals surface area contributed by atoms with Gasteiger partial charge < -0.3 is 9.64 Å². The lowest BCUT2D eigenvalue weighted by atomic mass is 10.2. The first-order chi connectivity index (χ1) is 9.40. The molecule has 1 amide bonds. The quantitative estimate of drug-likeness (QED) is 0.713. The molecule has 112 valence electrons. The number of hydrogen-bond donors (Lipinski definition) is 0. The summed E-state index contributed by atoms with van der Waals surface area (Å²) in [7, 11) is -1.79. The van der Waals surface area contributed by atoms with Crippen molar-refractivity contribution in [2.24, 2.45) is 0 Å². The monoisotopic (exact) mass is 319 g/mol. The van der Waals surface area contributed by atoms with Crippen LogP contribution in [0.2, 0.25) is 0 Å². The van der Waals surface area contributed by atoms with Crippen LogP contribution < -0.4 is 0 Å². The molecule has 1 aromatic carbocycles. The predicted molar refractivity (Wildman–Crippen MR) is 78.1 cm³/mol. The Morgan fingerprint density at radius 1 is 1.35 bits per heavy atom. The molecule has 0 saturated heterocycles. The van der Waals surface area contributed by atoms with Gasteiger partial charge in [-0.15, -0.1) is 11.6 Å². The first-order valence-electron chi connectivity index (χ1n) is 6.04. The molecule has 0 aromatic heterocycles. The number of carbonyl (C=O) groups is 1. The third-order valence-electron chi connectivity index (χ3n) is 2.72. The van der Waals surface area contributed by atoms with Gasteiger partial charge in [0.05, 0.1) is 11.5 Å². The smallest absolute Gasteiger partial charge is 0.254 e. The van der Waals surface area contributed by atoms with Crippen LogP contribution in [0.15, 0.2) is 29.2 Å². The number of nitrogens with zero attached hydrogens (tertiary/aromatic N) is 1. The van der Waals surface area contributed by atoms with Gasteiger partial charge in [0, 0.05) is 37.9 Å².